The molecule has 0 aliphatic rings. The van der Waals surface area contributed by atoms with E-state index in [0.29, 0.717) is 16.6 Å². The minimum absolute atomic E-state index is 0.0657. The highest BCUT2D eigenvalue weighted by molar-refractivity contribution is 6.30. The van der Waals surface area contributed by atoms with E-state index in [1.807, 2.05) is 6.92 Å². The third-order valence-corrected chi connectivity index (χ3v) is 2.80. The smallest absolute Gasteiger partial charge is 0.263 e. The molecule has 0 aliphatic heterocycles. The number of amides is 1. The molecule has 2 N–H and O–H groups in total. The lowest BCUT2D eigenvalue weighted by atomic mass is 10.2. The topological polar surface area (TPSA) is 67.0 Å². The second kappa shape index (κ2) is 6.24. The van der Waals surface area contributed by atoms with E-state index in [-0.39, 0.29) is 12.5 Å². The molecule has 1 aromatic heterocycles. The maximum atomic E-state index is 11.7. The van der Waals surface area contributed by atoms with Crippen LogP contribution < -0.4 is 10.1 Å². The molecule has 19 heavy (non-hydrogen) atoms. The molecular formula is C13H14ClN3O2. The Hall–Kier alpha value is -2.01. The molecule has 6 heteroatoms. The van der Waals surface area contributed by atoms with Crippen LogP contribution in [0.15, 0.2) is 30.5 Å². The Morgan fingerprint density at radius 3 is 2.84 bits per heavy atom. The first-order valence-corrected chi connectivity index (χ1v) is 6.27. The van der Waals surface area contributed by atoms with E-state index >= 15 is 0 Å². The largest absolute Gasteiger partial charge is 0.484 e. The molecule has 2 aromatic rings. The van der Waals surface area contributed by atoms with Crippen LogP contribution in [0.1, 0.15) is 12.5 Å². The Labute approximate surface area is 115 Å². The fraction of sp³-hybridized carbons (Fsp3) is 0.231. The van der Waals surface area contributed by atoms with Gasteiger partial charge in [-0.3, -0.25) is 9.89 Å². The number of nitrogens with zero attached hydrogens (tertiary/aromatic N) is 1. The molecular weight excluding hydrogens is 266 g/mol. The van der Waals surface area contributed by atoms with Gasteiger partial charge in [0.05, 0.1) is 6.20 Å². The van der Waals surface area contributed by atoms with Crippen LogP contribution in [-0.4, -0.2) is 22.7 Å². The lowest BCUT2D eigenvalue weighted by molar-refractivity contribution is -0.118. The van der Waals surface area contributed by atoms with Gasteiger partial charge in [0.1, 0.15) is 11.6 Å². The summed E-state index contributed by atoms with van der Waals surface area (Å²) in [5, 5.41) is 9.96. The zero-order valence-electron chi connectivity index (χ0n) is 10.4. The average molecular weight is 280 g/mol. The van der Waals surface area contributed by atoms with Gasteiger partial charge in [0.25, 0.3) is 5.91 Å². The molecule has 0 saturated heterocycles. The van der Waals surface area contributed by atoms with E-state index in [4.69, 9.17) is 16.3 Å². The highest BCUT2D eigenvalue weighted by Gasteiger charge is 2.08. The number of carbonyl (C=O) groups excluding carboxylic acids is 1. The van der Waals surface area contributed by atoms with Gasteiger partial charge in [-0.1, -0.05) is 18.5 Å². The maximum absolute atomic E-state index is 11.7. The first-order valence-electron chi connectivity index (χ1n) is 5.89. The van der Waals surface area contributed by atoms with Crippen LogP contribution >= 0.6 is 11.6 Å². The Bertz CT molecular complexity index is 551. The summed E-state index contributed by atoms with van der Waals surface area (Å²) in [7, 11) is 0. The minimum atomic E-state index is -0.242. The number of anilines is 1. The first-order chi connectivity index (χ1) is 9.19. The van der Waals surface area contributed by atoms with Crippen molar-refractivity contribution in [1.29, 1.82) is 0 Å². The maximum Gasteiger partial charge on any atom is 0.263 e. The van der Waals surface area contributed by atoms with Gasteiger partial charge in [-0.2, -0.15) is 5.10 Å². The lowest BCUT2D eigenvalue weighted by Crippen LogP contribution is -2.21. The van der Waals surface area contributed by atoms with Gasteiger partial charge in [-0.05, 0) is 30.7 Å². The number of ether oxygens (including phenoxy) is 1. The zero-order valence-corrected chi connectivity index (χ0v) is 11.2. The number of H-pyrrole nitrogens is 1. The lowest BCUT2D eigenvalue weighted by Gasteiger charge is -2.07. The van der Waals surface area contributed by atoms with Crippen LogP contribution in [0, 0.1) is 0 Å². The average Bonchev–Trinajstić information content (AvgIpc) is 2.85. The van der Waals surface area contributed by atoms with Crippen LogP contribution in [0.25, 0.3) is 0 Å². The van der Waals surface area contributed by atoms with Gasteiger partial charge in [-0.15, -0.1) is 0 Å². The molecule has 0 unspecified atom stereocenters. The fourth-order valence-electron chi connectivity index (χ4n) is 1.54. The van der Waals surface area contributed by atoms with Crippen molar-refractivity contribution >= 4 is 23.3 Å². The van der Waals surface area contributed by atoms with Gasteiger partial charge in [0.2, 0.25) is 0 Å². The van der Waals surface area contributed by atoms with Crippen molar-refractivity contribution in [3.63, 3.8) is 0 Å². The number of aromatic nitrogens is 2. The Morgan fingerprint density at radius 2 is 2.16 bits per heavy atom. The molecule has 1 aromatic carbocycles. The number of carbonyl (C=O) groups is 1. The Balaban J connectivity index is 1.86. The Kier molecular flexibility index (Phi) is 4.41. The molecule has 0 spiro atoms. The monoisotopic (exact) mass is 279 g/mol. The molecule has 0 saturated carbocycles. The summed E-state index contributed by atoms with van der Waals surface area (Å²) in [6.07, 6.45) is 2.49. The van der Waals surface area contributed by atoms with E-state index in [1.54, 1.807) is 30.5 Å². The standard InChI is InChI=1S/C13H14ClN3O2/c1-2-9-7-15-17-13(9)16-12(18)8-19-11-5-3-10(14)4-6-11/h3-7H,2,8H2,1H3,(H2,15,16,17,18). The molecule has 0 fully saturated rings. The van der Waals surface area contributed by atoms with Gasteiger partial charge >= 0.3 is 0 Å². The molecule has 1 amide bonds. The van der Waals surface area contributed by atoms with E-state index in [2.05, 4.69) is 15.5 Å². The summed E-state index contributed by atoms with van der Waals surface area (Å²) in [6.45, 7) is 1.93. The number of benzene rings is 1. The summed E-state index contributed by atoms with van der Waals surface area (Å²) in [5.41, 5.74) is 0.958. The van der Waals surface area contributed by atoms with Crippen molar-refractivity contribution in [2.24, 2.45) is 0 Å². The van der Waals surface area contributed by atoms with Crippen molar-refractivity contribution in [3.8, 4) is 5.75 Å². The molecule has 100 valence electrons. The number of nitrogens with one attached hydrogen (secondary N) is 2. The predicted octanol–water partition coefficient (Wildman–Crippen LogP) is 2.64. The summed E-state index contributed by atoms with van der Waals surface area (Å²) in [5.74, 6) is 0.973. The molecule has 0 aliphatic carbocycles. The van der Waals surface area contributed by atoms with Crippen LogP contribution in [0.5, 0.6) is 5.75 Å². The summed E-state index contributed by atoms with van der Waals surface area (Å²) in [6, 6.07) is 6.84. The second-order valence-electron chi connectivity index (χ2n) is 3.91. The van der Waals surface area contributed by atoms with Gasteiger partial charge in [0, 0.05) is 10.6 Å². The van der Waals surface area contributed by atoms with E-state index in [0.717, 1.165) is 12.0 Å². The molecule has 1 heterocycles. The molecule has 0 bridgehead atoms. The van der Waals surface area contributed by atoms with Crippen molar-refractivity contribution in [1.82, 2.24) is 10.2 Å². The molecule has 0 atom stereocenters. The minimum Gasteiger partial charge on any atom is -0.484 e. The van der Waals surface area contributed by atoms with E-state index < -0.39 is 0 Å². The number of hydrogen-bond acceptors (Lipinski definition) is 3. The van der Waals surface area contributed by atoms with Crippen molar-refractivity contribution < 1.29 is 9.53 Å². The van der Waals surface area contributed by atoms with Crippen LogP contribution in [-0.2, 0) is 11.2 Å². The van der Waals surface area contributed by atoms with Crippen molar-refractivity contribution in [2.45, 2.75) is 13.3 Å². The highest BCUT2D eigenvalue weighted by atomic mass is 35.5. The summed E-state index contributed by atoms with van der Waals surface area (Å²) < 4.78 is 5.34. The zero-order chi connectivity index (χ0) is 13.7. The van der Waals surface area contributed by atoms with Crippen LogP contribution in [0.2, 0.25) is 5.02 Å². The number of hydrogen-bond donors (Lipinski definition) is 2. The van der Waals surface area contributed by atoms with Gasteiger partial charge < -0.3 is 10.1 Å². The van der Waals surface area contributed by atoms with Gasteiger partial charge in [0.15, 0.2) is 6.61 Å². The number of aromatic amines is 1. The quantitative estimate of drug-likeness (QED) is 0.884. The summed E-state index contributed by atoms with van der Waals surface area (Å²) >= 11 is 5.76. The number of rotatable bonds is 5. The molecule has 0 radical (unpaired) electrons. The third kappa shape index (κ3) is 3.72. The van der Waals surface area contributed by atoms with Crippen molar-refractivity contribution in [3.05, 3.63) is 41.0 Å². The fourth-order valence-corrected chi connectivity index (χ4v) is 1.67. The molecule has 5 nitrogen and oxygen atoms in total. The van der Waals surface area contributed by atoms with E-state index in [9.17, 15) is 4.79 Å². The SMILES string of the molecule is CCc1cn[nH]c1NC(=O)COc1ccc(Cl)cc1. The predicted molar refractivity (Wildman–Crippen MR) is 73.5 cm³/mol. The second-order valence-corrected chi connectivity index (χ2v) is 4.35. The van der Waals surface area contributed by atoms with Crippen LogP contribution in [0.4, 0.5) is 5.82 Å². The number of aryl methyl sites for hydroxylation is 1. The highest BCUT2D eigenvalue weighted by Crippen LogP contribution is 2.15. The summed E-state index contributed by atoms with van der Waals surface area (Å²) in [4.78, 5) is 11.7. The Morgan fingerprint density at radius 1 is 1.42 bits per heavy atom. The molecule has 2 rings (SSSR count). The number of halogens is 1. The normalized spacial score (nSPS) is 10.2. The van der Waals surface area contributed by atoms with Crippen molar-refractivity contribution in [2.75, 3.05) is 11.9 Å². The van der Waals surface area contributed by atoms with E-state index in [1.165, 1.54) is 0 Å². The van der Waals surface area contributed by atoms with Crippen LogP contribution in [0.3, 0.4) is 0 Å². The van der Waals surface area contributed by atoms with Gasteiger partial charge in [-0.25, -0.2) is 0 Å². The first kappa shape index (κ1) is 13.4. The third-order valence-electron chi connectivity index (χ3n) is 2.55.